The van der Waals surface area contributed by atoms with Gasteiger partial charge >= 0.3 is 0 Å². The van der Waals surface area contributed by atoms with E-state index in [1.165, 1.54) is 32.7 Å². The Bertz CT molecular complexity index is 730. The maximum atomic E-state index is 4.47. The summed E-state index contributed by atoms with van der Waals surface area (Å²) in [5.74, 6) is 1.17. The lowest BCUT2D eigenvalue weighted by atomic mass is 10.0. The van der Waals surface area contributed by atoms with Crippen LogP contribution in [0.3, 0.4) is 0 Å². The molecule has 2 aromatic carbocycles. The maximum absolute atomic E-state index is 4.47. The van der Waals surface area contributed by atoms with Gasteiger partial charge in [0, 0.05) is 16.9 Å². The lowest BCUT2D eigenvalue weighted by Crippen LogP contribution is -1.86. The Hall–Kier alpha value is -1.74. The van der Waals surface area contributed by atoms with E-state index in [4.69, 9.17) is 0 Å². The first kappa shape index (κ1) is 10.2. The summed E-state index contributed by atoms with van der Waals surface area (Å²) >= 11 is 1.87. The fourth-order valence-electron chi connectivity index (χ4n) is 2.53. The summed E-state index contributed by atoms with van der Waals surface area (Å²) in [5, 5.41) is 11.4. The third kappa shape index (κ3) is 1.47. The SMILES string of the molecule is c1ccc2cc(-c3n[nH]c4c3CCS4)ccc2c1. The minimum atomic E-state index is 1.12. The number of thioether (sulfide) groups is 1. The Morgan fingerprint density at radius 1 is 1.06 bits per heavy atom. The number of rotatable bonds is 1. The summed E-state index contributed by atoms with van der Waals surface area (Å²) in [5.41, 5.74) is 3.73. The predicted octanol–water partition coefficient (Wildman–Crippen LogP) is 3.88. The Morgan fingerprint density at radius 3 is 2.89 bits per heavy atom. The number of hydrogen-bond acceptors (Lipinski definition) is 2. The van der Waals surface area contributed by atoms with Crippen molar-refractivity contribution in [3.8, 4) is 11.3 Å². The number of nitrogens with one attached hydrogen (secondary N) is 1. The molecule has 0 saturated heterocycles. The van der Waals surface area contributed by atoms with Gasteiger partial charge in [-0.1, -0.05) is 36.4 Å². The van der Waals surface area contributed by atoms with E-state index >= 15 is 0 Å². The van der Waals surface area contributed by atoms with Crippen LogP contribution in [0.25, 0.3) is 22.0 Å². The molecular weight excluding hydrogens is 240 g/mol. The standard InChI is InChI=1S/C15H12N2S/c1-2-4-11-9-12(6-5-10(11)3-1)14-13-7-8-18-15(13)17-16-14/h1-6,9H,7-8H2,(H,16,17). The van der Waals surface area contributed by atoms with Crippen LogP contribution in [-0.2, 0) is 6.42 Å². The second kappa shape index (κ2) is 3.89. The van der Waals surface area contributed by atoms with Crippen LogP contribution in [0.1, 0.15) is 5.56 Å². The molecule has 1 N–H and O–H groups in total. The van der Waals surface area contributed by atoms with E-state index in [1.807, 2.05) is 11.8 Å². The van der Waals surface area contributed by atoms with Crippen LogP contribution >= 0.6 is 11.8 Å². The van der Waals surface area contributed by atoms with Gasteiger partial charge in [0.2, 0.25) is 0 Å². The molecule has 0 saturated carbocycles. The summed E-state index contributed by atoms with van der Waals surface area (Å²) < 4.78 is 0. The number of H-pyrrole nitrogens is 1. The number of aromatic nitrogens is 2. The Morgan fingerprint density at radius 2 is 1.94 bits per heavy atom. The maximum Gasteiger partial charge on any atom is 0.0965 e. The second-order valence-corrected chi connectivity index (χ2v) is 5.65. The quantitative estimate of drug-likeness (QED) is 0.712. The first-order valence-corrected chi connectivity index (χ1v) is 7.09. The fraction of sp³-hybridized carbons (Fsp3) is 0.133. The van der Waals surface area contributed by atoms with Crippen LogP contribution < -0.4 is 0 Å². The zero-order chi connectivity index (χ0) is 11.9. The molecule has 0 bridgehead atoms. The van der Waals surface area contributed by atoms with Crippen molar-refractivity contribution < 1.29 is 0 Å². The highest BCUT2D eigenvalue weighted by molar-refractivity contribution is 7.99. The van der Waals surface area contributed by atoms with Crippen LogP contribution in [0.2, 0.25) is 0 Å². The first-order valence-electron chi connectivity index (χ1n) is 6.11. The Labute approximate surface area is 109 Å². The van der Waals surface area contributed by atoms with E-state index in [-0.39, 0.29) is 0 Å². The third-order valence-electron chi connectivity index (χ3n) is 3.45. The Kier molecular flexibility index (Phi) is 2.20. The molecule has 1 aliphatic heterocycles. The van der Waals surface area contributed by atoms with Crippen molar-refractivity contribution in [1.82, 2.24) is 10.2 Å². The molecule has 0 aliphatic carbocycles. The van der Waals surface area contributed by atoms with Crippen LogP contribution in [-0.4, -0.2) is 16.0 Å². The minimum Gasteiger partial charge on any atom is -0.271 e. The highest BCUT2D eigenvalue weighted by Crippen LogP contribution is 2.36. The van der Waals surface area contributed by atoms with Crippen molar-refractivity contribution in [2.75, 3.05) is 5.75 Å². The van der Waals surface area contributed by atoms with Gasteiger partial charge in [0.1, 0.15) is 0 Å². The molecule has 1 aromatic heterocycles. The molecule has 3 heteroatoms. The summed E-state index contributed by atoms with van der Waals surface area (Å²) in [6.07, 6.45) is 1.12. The van der Waals surface area contributed by atoms with Gasteiger partial charge < -0.3 is 0 Å². The van der Waals surface area contributed by atoms with E-state index < -0.39 is 0 Å². The second-order valence-electron chi connectivity index (χ2n) is 4.54. The van der Waals surface area contributed by atoms with Crippen LogP contribution in [0.15, 0.2) is 47.5 Å². The molecule has 0 atom stereocenters. The smallest absolute Gasteiger partial charge is 0.0965 e. The fourth-order valence-corrected chi connectivity index (χ4v) is 3.52. The monoisotopic (exact) mass is 252 g/mol. The number of fused-ring (bicyclic) bond motifs is 2. The van der Waals surface area contributed by atoms with Gasteiger partial charge in [0.25, 0.3) is 0 Å². The van der Waals surface area contributed by atoms with Gasteiger partial charge in [-0.25, -0.2) is 0 Å². The van der Waals surface area contributed by atoms with Gasteiger partial charge in [-0.2, -0.15) is 5.10 Å². The molecular formula is C15H12N2S. The van der Waals surface area contributed by atoms with E-state index in [0.717, 1.165) is 12.1 Å². The topological polar surface area (TPSA) is 28.7 Å². The van der Waals surface area contributed by atoms with Crippen LogP contribution in [0.4, 0.5) is 0 Å². The van der Waals surface area contributed by atoms with Gasteiger partial charge in [0.05, 0.1) is 10.7 Å². The van der Waals surface area contributed by atoms with Crippen LogP contribution in [0.5, 0.6) is 0 Å². The number of hydrogen-bond donors (Lipinski definition) is 1. The van der Waals surface area contributed by atoms with Crippen molar-refractivity contribution in [3.05, 3.63) is 48.0 Å². The van der Waals surface area contributed by atoms with Gasteiger partial charge in [0.15, 0.2) is 0 Å². The lowest BCUT2D eigenvalue weighted by molar-refractivity contribution is 1.00. The molecule has 3 aromatic rings. The number of aromatic amines is 1. The summed E-state index contributed by atoms with van der Waals surface area (Å²) in [6, 6.07) is 15.0. The predicted molar refractivity (Wildman–Crippen MR) is 76.0 cm³/mol. The Balaban J connectivity index is 1.91. The number of benzene rings is 2. The zero-order valence-corrected chi connectivity index (χ0v) is 10.6. The highest BCUT2D eigenvalue weighted by Gasteiger charge is 2.19. The van der Waals surface area contributed by atoms with E-state index in [1.54, 1.807) is 0 Å². The van der Waals surface area contributed by atoms with Crippen LogP contribution in [0, 0.1) is 0 Å². The molecule has 4 rings (SSSR count). The average molecular weight is 252 g/mol. The molecule has 0 amide bonds. The van der Waals surface area contributed by atoms with E-state index in [2.05, 4.69) is 52.7 Å². The van der Waals surface area contributed by atoms with Crippen molar-refractivity contribution in [1.29, 1.82) is 0 Å². The van der Waals surface area contributed by atoms with Crippen molar-refractivity contribution >= 4 is 22.5 Å². The molecule has 0 unspecified atom stereocenters. The lowest BCUT2D eigenvalue weighted by Gasteiger charge is -2.02. The first-order chi connectivity index (χ1) is 8.92. The van der Waals surface area contributed by atoms with Crippen molar-refractivity contribution in [3.63, 3.8) is 0 Å². The summed E-state index contributed by atoms with van der Waals surface area (Å²) in [4.78, 5) is 0. The molecule has 0 fully saturated rings. The van der Waals surface area contributed by atoms with E-state index in [9.17, 15) is 0 Å². The van der Waals surface area contributed by atoms with Gasteiger partial charge in [-0.3, -0.25) is 5.10 Å². The van der Waals surface area contributed by atoms with Gasteiger partial charge in [-0.15, -0.1) is 11.8 Å². The van der Waals surface area contributed by atoms with Crippen molar-refractivity contribution in [2.24, 2.45) is 0 Å². The minimum absolute atomic E-state index is 1.12. The number of nitrogens with zero attached hydrogens (tertiary/aromatic N) is 1. The molecule has 0 spiro atoms. The van der Waals surface area contributed by atoms with Crippen molar-refractivity contribution in [2.45, 2.75) is 11.4 Å². The van der Waals surface area contributed by atoms with E-state index in [0.29, 0.717) is 0 Å². The van der Waals surface area contributed by atoms with Gasteiger partial charge in [-0.05, 0) is 23.3 Å². The zero-order valence-electron chi connectivity index (χ0n) is 9.81. The molecule has 1 aliphatic rings. The molecule has 2 nitrogen and oxygen atoms in total. The highest BCUT2D eigenvalue weighted by atomic mass is 32.2. The molecule has 0 radical (unpaired) electrons. The third-order valence-corrected chi connectivity index (χ3v) is 4.49. The average Bonchev–Trinajstić information content (AvgIpc) is 3.00. The molecule has 18 heavy (non-hydrogen) atoms. The molecule has 2 heterocycles. The normalized spacial score (nSPS) is 14.0. The largest absolute Gasteiger partial charge is 0.271 e. The summed E-state index contributed by atoms with van der Waals surface area (Å²) in [7, 11) is 0. The summed E-state index contributed by atoms with van der Waals surface area (Å²) in [6.45, 7) is 0. The molecule has 88 valence electrons.